The van der Waals surface area contributed by atoms with Crippen molar-refractivity contribution in [3.63, 3.8) is 0 Å². The Morgan fingerprint density at radius 1 is 1.13 bits per heavy atom. The van der Waals surface area contributed by atoms with E-state index in [0.29, 0.717) is 6.42 Å². The lowest BCUT2D eigenvalue weighted by Gasteiger charge is -2.45. The Morgan fingerprint density at radius 3 is 2.65 bits per heavy atom. The molecule has 0 amide bonds. The van der Waals surface area contributed by atoms with Gasteiger partial charge in [0.25, 0.3) is 0 Å². The summed E-state index contributed by atoms with van der Waals surface area (Å²) < 4.78 is 53.4. The lowest BCUT2D eigenvalue weighted by atomic mass is 9.88. The molecule has 2 aliphatic heterocycles. The van der Waals surface area contributed by atoms with Crippen molar-refractivity contribution in [2.24, 2.45) is 0 Å². The van der Waals surface area contributed by atoms with E-state index >= 15 is 0 Å². The van der Waals surface area contributed by atoms with Crippen LogP contribution in [0, 0.1) is 0 Å². The Labute approximate surface area is 185 Å². The van der Waals surface area contributed by atoms with Crippen LogP contribution in [-0.4, -0.2) is 74.8 Å². The third kappa shape index (κ3) is 4.54. The average molecular weight is 469 g/mol. The molecule has 1 aromatic carbocycles. The van der Waals surface area contributed by atoms with Gasteiger partial charge in [0.1, 0.15) is 0 Å². The molecule has 2 N–H and O–H groups in total. The zero-order valence-electron chi connectivity index (χ0n) is 18.2. The number of piperidine rings is 1. The SMILES string of the molecule is CCS(=O)(=O)NCCN(C1CCN2CCc3c([nH]c4ccccc34)C2C1)S(=O)(=O)CC. The molecule has 1 fully saturated rings. The van der Waals surface area contributed by atoms with Crippen molar-refractivity contribution < 1.29 is 16.8 Å². The second-order valence-corrected chi connectivity index (χ2v) is 12.7. The summed E-state index contributed by atoms with van der Waals surface area (Å²) in [6.45, 7) is 5.28. The molecule has 31 heavy (non-hydrogen) atoms. The van der Waals surface area contributed by atoms with Gasteiger partial charge in [0, 0.05) is 48.8 Å². The smallest absolute Gasteiger partial charge is 0.214 e. The first-order valence-electron chi connectivity index (χ1n) is 11.1. The number of nitrogens with zero attached hydrogens (tertiary/aromatic N) is 2. The van der Waals surface area contributed by atoms with Crippen LogP contribution in [0.5, 0.6) is 0 Å². The van der Waals surface area contributed by atoms with Crippen LogP contribution in [0.15, 0.2) is 24.3 Å². The molecule has 0 saturated carbocycles. The highest BCUT2D eigenvalue weighted by Crippen LogP contribution is 2.40. The Bertz CT molecular complexity index is 1140. The first-order valence-corrected chi connectivity index (χ1v) is 14.3. The Morgan fingerprint density at radius 2 is 1.90 bits per heavy atom. The van der Waals surface area contributed by atoms with Crippen LogP contribution in [0.3, 0.4) is 0 Å². The first-order chi connectivity index (χ1) is 14.8. The Hall–Kier alpha value is -1.46. The molecule has 0 aliphatic carbocycles. The second-order valence-electron chi connectivity index (χ2n) is 8.35. The van der Waals surface area contributed by atoms with Gasteiger partial charge in [0.2, 0.25) is 20.0 Å². The van der Waals surface area contributed by atoms with Gasteiger partial charge < -0.3 is 4.98 Å². The molecule has 4 rings (SSSR count). The number of aromatic nitrogens is 1. The van der Waals surface area contributed by atoms with Crippen LogP contribution >= 0.6 is 0 Å². The zero-order chi connectivity index (χ0) is 22.2. The van der Waals surface area contributed by atoms with Gasteiger partial charge in [0.15, 0.2) is 0 Å². The summed E-state index contributed by atoms with van der Waals surface area (Å²) >= 11 is 0. The van der Waals surface area contributed by atoms with E-state index in [1.807, 2.05) is 6.07 Å². The number of benzene rings is 1. The van der Waals surface area contributed by atoms with Gasteiger partial charge >= 0.3 is 0 Å². The van der Waals surface area contributed by atoms with Crippen molar-refractivity contribution in [3.05, 3.63) is 35.5 Å². The number of para-hydroxylation sites is 1. The minimum Gasteiger partial charge on any atom is -0.357 e. The van der Waals surface area contributed by atoms with E-state index in [0.717, 1.165) is 31.4 Å². The normalized spacial score (nSPS) is 22.5. The highest BCUT2D eigenvalue weighted by atomic mass is 32.2. The van der Waals surface area contributed by atoms with Crippen molar-refractivity contribution in [1.29, 1.82) is 0 Å². The molecule has 8 nitrogen and oxygen atoms in total. The third-order valence-electron chi connectivity index (χ3n) is 6.68. The molecule has 3 heterocycles. The van der Waals surface area contributed by atoms with Crippen LogP contribution < -0.4 is 4.72 Å². The van der Waals surface area contributed by atoms with Gasteiger partial charge in [-0.05, 0) is 44.7 Å². The predicted molar refractivity (Wildman–Crippen MR) is 123 cm³/mol. The molecule has 0 spiro atoms. The summed E-state index contributed by atoms with van der Waals surface area (Å²) in [5, 5.41) is 1.26. The van der Waals surface area contributed by atoms with Crippen molar-refractivity contribution >= 4 is 30.9 Å². The summed E-state index contributed by atoms with van der Waals surface area (Å²) in [5.41, 5.74) is 3.68. The quantitative estimate of drug-likeness (QED) is 0.615. The highest BCUT2D eigenvalue weighted by molar-refractivity contribution is 7.89. The van der Waals surface area contributed by atoms with Crippen LogP contribution in [0.1, 0.15) is 44.0 Å². The van der Waals surface area contributed by atoms with Crippen molar-refractivity contribution in [3.8, 4) is 0 Å². The molecule has 1 saturated heterocycles. The number of aromatic amines is 1. The predicted octanol–water partition coefficient (Wildman–Crippen LogP) is 1.82. The van der Waals surface area contributed by atoms with Gasteiger partial charge in [-0.15, -0.1) is 0 Å². The fraction of sp³-hybridized carbons (Fsp3) is 0.619. The number of sulfonamides is 2. The minimum absolute atomic E-state index is 0.00997. The van der Waals surface area contributed by atoms with E-state index in [2.05, 4.69) is 32.8 Å². The molecule has 2 aliphatic rings. The number of hydrogen-bond acceptors (Lipinski definition) is 5. The fourth-order valence-corrected chi connectivity index (χ4v) is 6.94. The summed E-state index contributed by atoms with van der Waals surface area (Å²) in [6.07, 6.45) is 2.46. The molecule has 1 aromatic heterocycles. The maximum absolute atomic E-state index is 12.9. The zero-order valence-corrected chi connectivity index (χ0v) is 19.8. The summed E-state index contributed by atoms with van der Waals surface area (Å²) in [7, 11) is -6.81. The van der Waals surface area contributed by atoms with E-state index in [1.54, 1.807) is 18.2 Å². The molecule has 172 valence electrons. The van der Waals surface area contributed by atoms with E-state index in [9.17, 15) is 16.8 Å². The van der Waals surface area contributed by atoms with E-state index < -0.39 is 20.0 Å². The topological polar surface area (TPSA) is 103 Å². The molecular formula is C21H32N4O4S2. The third-order valence-corrected chi connectivity index (χ3v) is 10.0. The van der Waals surface area contributed by atoms with E-state index in [1.165, 1.54) is 16.6 Å². The standard InChI is InChI=1S/C21H32N4O4S2/c1-3-30(26,27)22-11-14-25(31(28,29)4-2)16-9-12-24-13-10-18-17-7-5-6-8-19(17)23-21(18)20(24)15-16/h5-8,16,20,22-23H,3-4,9-15H2,1-2H3. The summed E-state index contributed by atoms with van der Waals surface area (Å²) in [6, 6.07) is 8.32. The molecule has 0 bridgehead atoms. The summed E-state index contributed by atoms with van der Waals surface area (Å²) in [4.78, 5) is 6.05. The molecule has 2 atom stereocenters. The number of nitrogens with one attached hydrogen (secondary N) is 2. The van der Waals surface area contributed by atoms with Crippen LogP contribution in [0.25, 0.3) is 10.9 Å². The Balaban J connectivity index is 1.58. The van der Waals surface area contributed by atoms with Gasteiger partial charge in [0.05, 0.1) is 17.5 Å². The maximum atomic E-state index is 12.9. The molecule has 2 unspecified atom stereocenters. The van der Waals surface area contributed by atoms with Crippen LogP contribution in [0.2, 0.25) is 0 Å². The van der Waals surface area contributed by atoms with Gasteiger partial charge in [-0.1, -0.05) is 18.2 Å². The molecule has 0 radical (unpaired) electrons. The second kappa shape index (κ2) is 8.82. The van der Waals surface area contributed by atoms with Gasteiger partial charge in [-0.2, -0.15) is 4.31 Å². The Kier molecular flexibility index (Phi) is 6.47. The van der Waals surface area contributed by atoms with Crippen LogP contribution in [-0.2, 0) is 26.5 Å². The number of rotatable bonds is 8. The largest absolute Gasteiger partial charge is 0.357 e. The minimum atomic E-state index is -3.45. The fourth-order valence-electron chi connectivity index (χ4n) is 4.98. The monoisotopic (exact) mass is 468 g/mol. The summed E-state index contributed by atoms with van der Waals surface area (Å²) in [5.74, 6) is -0.00675. The molecule has 2 aromatic rings. The van der Waals surface area contributed by atoms with Crippen molar-refractivity contribution in [2.45, 2.75) is 45.2 Å². The van der Waals surface area contributed by atoms with Crippen molar-refractivity contribution in [2.75, 3.05) is 37.7 Å². The number of H-pyrrole nitrogens is 1. The number of fused-ring (bicyclic) bond motifs is 5. The highest BCUT2D eigenvalue weighted by Gasteiger charge is 2.39. The maximum Gasteiger partial charge on any atom is 0.214 e. The number of hydrogen-bond donors (Lipinski definition) is 2. The van der Waals surface area contributed by atoms with Gasteiger partial charge in [-0.25, -0.2) is 21.6 Å². The van der Waals surface area contributed by atoms with E-state index in [-0.39, 0.29) is 36.7 Å². The molecular weight excluding hydrogens is 436 g/mol. The lowest BCUT2D eigenvalue weighted by molar-refractivity contribution is 0.0892. The van der Waals surface area contributed by atoms with Gasteiger partial charge in [-0.3, -0.25) is 4.90 Å². The molecule has 10 heteroatoms. The average Bonchev–Trinajstić information content (AvgIpc) is 3.15. The first kappa shape index (κ1) is 22.7. The van der Waals surface area contributed by atoms with Crippen molar-refractivity contribution in [1.82, 2.24) is 18.9 Å². The lowest BCUT2D eigenvalue weighted by Crippen LogP contribution is -2.52. The van der Waals surface area contributed by atoms with Crippen LogP contribution in [0.4, 0.5) is 0 Å². The van der Waals surface area contributed by atoms with E-state index in [4.69, 9.17) is 0 Å².